The third kappa shape index (κ3) is 4.02. The van der Waals surface area contributed by atoms with E-state index in [1.165, 1.54) is 30.3 Å². The molecule has 6 N–H and O–H groups in total. The number of benzene rings is 3. The number of rotatable bonds is 6. The molecule has 0 saturated heterocycles. The van der Waals surface area contributed by atoms with Gasteiger partial charge in [-0.05, 0) is 36.4 Å². The number of anilines is 4. The molecule has 10 heteroatoms. The molecular weight excluding hydrogens is 400 g/mol. The summed E-state index contributed by atoms with van der Waals surface area (Å²) in [7, 11) is -8.61. The fourth-order valence-electron chi connectivity index (χ4n) is 2.51. The van der Waals surface area contributed by atoms with Crippen molar-refractivity contribution in [1.82, 2.24) is 0 Å². The van der Waals surface area contributed by atoms with Crippen LogP contribution in [0.2, 0.25) is 0 Å². The van der Waals surface area contributed by atoms with Gasteiger partial charge in [-0.2, -0.15) is 0 Å². The predicted octanol–water partition coefficient (Wildman–Crippen LogP) is 2.45. The fraction of sp³-hybridized carbons (Fsp3) is 0. The lowest BCUT2D eigenvalue weighted by molar-refractivity contribution is 0.588. The first-order chi connectivity index (χ1) is 13.2. The van der Waals surface area contributed by atoms with E-state index in [-0.39, 0.29) is 22.7 Å². The van der Waals surface area contributed by atoms with Crippen LogP contribution in [0.3, 0.4) is 0 Å². The topological polar surface area (TPSA) is 144 Å². The largest absolute Gasteiger partial charge is 0.397 e. The van der Waals surface area contributed by atoms with Crippen LogP contribution in [0, 0.1) is 0 Å². The van der Waals surface area contributed by atoms with E-state index in [0.717, 1.165) is 6.07 Å². The van der Waals surface area contributed by atoms with Crippen molar-refractivity contribution in [3.8, 4) is 0 Å². The number of nitrogen functional groups attached to an aromatic ring is 2. The Kier molecular flexibility index (Phi) is 5.16. The highest BCUT2D eigenvalue weighted by Gasteiger charge is 2.30. The average Bonchev–Trinajstić information content (AvgIpc) is 2.64. The Morgan fingerprint density at radius 2 is 1.07 bits per heavy atom. The van der Waals surface area contributed by atoms with Gasteiger partial charge in [-0.3, -0.25) is 9.44 Å². The van der Waals surface area contributed by atoms with Crippen molar-refractivity contribution in [3.05, 3.63) is 72.8 Å². The standard InChI is InChI=1S/C18H18N4O4S2/c19-15-11-12-16(27(23,24)21-13-7-3-1-4-8-13)18(17(15)20)28(25,26)22-14-9-5-2-6-10-14/h1-12,21-22H,19-20H2. The van der Waals surface area contributed by atoms with Crippen LogP contribution in [-0.2, 0) is 20.0 Å². The number of sulfonamides is 2. The van der Waals surface area contributed by atoms with Gasteiger partial charge in [-0.1, -0.05) is 36.4 Å². The molecule has 0 bridgehead atoms. The highest BCUT2D eigenvalue weighted by molar-refractivity contribution is 7.96. The highest BCUT2D eigenvalue weighted by Crippen LogP contribution is 2.33. The van der Waals surface area contributed by atoms with E-state index in [9.17, 15) is 16.8 Å². The van der Waals surface area contributed by atoms with Crippen LogP contribution in [0.15, 0.2) is 82.6 Å². The molecule has 0 radical (unpaired) electrons. The van der Waals surface area contributed by atoms with Crippen molar-refractivity contribution in [1.29, 1.82) is 0 Å². The first-order valence-electron chi connectivity index (χ1n) is 8.04. The van der Waals surface area contributed by atoms with Crippen molar-refractivity contribution in [2.75, 3.05) is 20.9 Å². The monoisotopic (exact) mass is 418 g/mol. The minimum atomic E-state index is -4.35. The Hall–Kier alpha value is -3.24. The van der Waals surface area contributed by atoms with Crippen LogP contribution >= 0.6 is 0 Å². The summed E-state index contributed by atoms with van der Waals surface area (Å²) in [5.41, 5.74) is 11.8. The molecule has 8 nitrogen and oxygen atoms in total. The second-order valence-corrected chi connectivity index (χ2v) is 9.11. The van der Waals surface area contributed by atoms with E-state index in [4.69, 9.17) is 11.5 Å². The average molecular weight is 419 g/mol. The van der Waals surface area contributed by atoms with E-state index in [2.05, 4.69) is 9.44 Å². The van der Waals surface area contributed by atoms with E-state index in [1.54, 1.807) is 36.4 Å². The summed E-state index contributed by atoms with van der Waals surface area (Å²) in [6, 6.07) is 18.5. The summed E-state index contributed by atoms with van der Waals surface area (Å²) in [6.45, 7) is 0. The SMILES string of the molecule is Nc1ccc(S(=O)(=O)Nc2ccccc2)c(S(=O)(=O)Nc2ccccc2)c1N. The van der Waals surface area contributed by atoms with Gasteiger partial charge in [0.2, 0.25) is 0 Å². The van der Waals surface area contributed by atoms with Crippen LogP contribution < -0.4 is 20.9 Å². The van der Waals surface area contributed by atoms with E-state index < -0.39 is 29.8 Å². The zero-order chi connectivity index (χ0) is 20.4. The summed E-state index contributed by atoms with van der Waals surface area (Å²) in [4.78, 5) is -1.12. The van der Waals surface area contributed by atoms with Crippen LogP contribution in [0.25, 0.3) is 0 Å². The molecule has 0 atom stereocenters. The molecule has 0 fully saturated rings. The van der Waals surface area contributed by atoms with Gasteiger partial charge in [0.15, 0.2) is 0 Å². The van der Waals surface area contributed by atoms with Crippen LogP contribution in [0.4, 0.5) is 22.7 Å². The number of hydrogen-bond acceptors (Lipinski definition) is 6. The van der Waals surface area contributed by atoms with Gasteiger partial charge in [0, 0.05) is 11.4 Å². The summed E-state index contributed by atoms with van der Waals surface area (Å²) in [6.07, 6.45) is 0. The third-order valence-corrected chi connectivity index (χ3v) is 6.84. The number of nitrogens with two attached hydrogens (primary N) is 2. The first-order valence-corrected chi connectivity index (χ1v) is 11.0. The number of nitrogens with one attached hydrogen (secondary N) is 2. The van der Waals surface area contributed by atoms with Gasteiger partial charge in [-0.15, -0.1) is 0 Å². The predicted molar refractivity (Wildman–Crippen MR) is 110 cm³/mol. The molecule has 0 aliphatic rings. The molecule has 3 rings (SSSR count). The minimum Gasteiger partial charge on any atom is -0.397 e. The Balaban J connectivity index is 2.12. The molecule has 0 aliphatic heterocycles. The first kappa shape index (κ1) is 19.5. The van der Waals surface area contributed by atoms with Crippen LogP contribution in [0.1, 0.15) is 0 Å². The normalized spacial score (nSPS) is 11.7. The molecular formula is C18H18N4O4S2. The third-order valence-electron chi connectivity index (χ3n) is 3.80. The van der Waals surface area contributed by atoms with Gasteiger partial charge in [0.25, 0.3) is 20.0 Å². The zero-order valence-corrected chi connectivity index (χ0v) is 16.2. The molecule has 3 aromatic carbocycles. The van der Waals surface area contributed by atoms with E-state index >= 15 is 0 Å². The number of para-hydroxylation sites is 2. The summed E-state index contributed by atoms with van der Waals surface area (Å²) < 4.78 is 56.3. The molecule has 3 aromatic rings. The number of hydrogen-bond donors (Lipinski definition) is 4. The van der Waals surface area contributed by atoms with Crippen molar-refractivity contribution in [2.45, 2.75) is 9.79 Å². The molecule has 28 heavy (non-hydrogen) atoms. The lowest BCUT2D eigenvalue weighted by Crippen LogP contribution is -2.22. The Morgan fingerprint density at radius 1 is 0.607 bits per heavy atom. The van der Waals surface area contributed by atoms with Crippen molar-refractivity contribution < 1.29 is 16.8 Å². The lowest BCUT2D eigenvalue weighted by Gasteiger charge is -2.17. The second-order valence-electron chi connectivity index (χ2n) is 5.84. The quantitative estimate of drug-likeness (QED) is 0.453. The lowest BCUT2D eigenvalue weighted by atomic mass is 10.3. The Bertz CT molecular complexity index is 1200. The van der Waals surface area contributed by atoms with Gasteiger partial charge in [0.1, 0.15) is 9.79 Å². The molecule has 0 amide bonds. The van der Waals surface area contributed by atoms with Crippen LogP contribution in [-0.4, -0.2) is 16.8 Å². The smallest absolute Gasteiger partial charge is 0.265 e. The maximum atomic E-state index is 13.0. The van der Waals surface area contributed by atoms with E-state index in [0.29, 0.717) is 0 Å². The van der Waals surface area contributed by atoms with Gasteiger partial charge < -0.3 is 11.5 Å². The molecule has 0 unspecified atom stereocenters. The molecule has 146 valence electrons. The molecule has 0 heterocycles. The Labute approximate surface area is 163 Å². The second kappa shape index (κ2) is 7.41. The summed E-state index contributed by atoms with van der Waals surface area (Å²) in [5, 5.41) is 0. The fourth-order valence-corrected chi connectivity index (χ4v) is 5.62. The van der Waals surface area contributed by atoms with Gasteiger partial charge >= 0.3 is 0 Å². The highest BCUT2D eigenvalue weighted by atomic mass is 32.2. The molecule has 0 aliphatic carbocycles. The minimum absolute atomic E-state index is 0.0490. The van der Waals surface area contributed by atoms with Crippen LogP contribution in [0.5, 0.6) is 0 Å². The molecule has 0 aromatic heterocycles. The maximum absolute atomic E-state index is 13.0. The van der Waals surface area contributed by atoms with Gasteiger partial charge in [-0.25, -0.2) is 16.8 Å². The Morgan fingerprint density at radius 3 is 1.57 bits per heavy atom. The zero-order valence-electron chi connectivity index (χ0n) is 14.5. The van der Waals surface area contributed by atoms with Crippen molar-refractivity contribution >= 4 is 42.8 Å². The van der Waals surface area contributed by atoms with Gasteiger partial charge in [0.05, 0.1) is 11.4 Å². The van der Waals surface area contributed by atoms with Crippen molar-refractivity contribution in [3.63, 3.8) is 0 Å². The summed E-state index contributed by atoms with van der Waals surface area (Å²) >= 11 is 0. The summed E-state index contributed by atoms with van der Waals surface area (Å²) in [5.74, 6) is 0. The van der Waals surface area contributed by atoms with Crippen molar-refractivity contribution in [2.24, 2.45) is 0 Å². The maximum Gasteiger partial charge on any atom is 0.265 e. The van der Waals surface area contributed by atoms with E-state index in [1.807, 2.05) is 0 Å². The molecule has 0 saturated carbocycles. The molecule has 0 spiro atoms.